The summed E-state index contributed by atoms with van der Waals surface area (Å²) in [6.45, 7) is 0. The maximum atomic E-state index is 7.30. The Hall–Kier alpha value is -9.32. The average Bonchev–Trinajstić information content (AvgIpc) is 4.12. The molecule has 0 radical (unpaired) electrons. The summed E-state index contributed by atoms with van der Waals surface area (Å²) < 4.78 is 17.1. The zero-order valence-corrected chi connectivity index (χ0v) is 38.6. The number of para-hydroxylation sites is 3. The van der Waals surface area contributed by atoms with Gasteiger partial charge in [-0.15, -0.1) is 0 Å². The molecule has 0 spiro atoms. The molecule has 334 valence electrons. The fourth-order valence-corrected chi connectivity index (χ4v) is 11.7. The number of anilines is 5. The van der Waals surface area contributed by atoms with Crippen LogP contribution in [0.5, 0.6) is 0 Å². The summed E-state index contributed by atoms with van der Waals surface area (Å²) in [4.78, 5) is 4.88. The molecule has 0 aliphatic heterocycles. The van der Waals surface area contributed by atoms with E-state index in [0.29, 0.717) is 0 Å². The molecule has 0 bridgehead atoms. The number of fused-ring (bicyclic) bond motifs is 14. The third kappa shape index (κ3) is 5.93. The van der Waals surface area contributed by atoms with Gasteiger partial charge < -0.3 is 23.2 Å². The van der Waals surface area contributed by atoms with Gasteiger partial charge in [0.1, 0.15) is 11.2 Å². The molecule has 5 heteroatoms. The second-order valence-electron chi connectivity index (χ2n) is 18.6. The van der Waals surface area contributed by atoms with E-state index in [-0.39, 0.29) is 0 Å². The summed E-state index contributed by atoms with van der Waals surface area (Å²) in [6, 6.07) is 78.7. The van der Waals surface area contributed by atoms with Crippen LogP contribution in [0.15, 0.2) is 251 Å². The first kappa shape index (κ1) is 39.7. The van der Waals surface area contributed by atoms with Crippen LogP contribution in [0.4, 0.5) is 28.4 Å². The van der Waals surface area contributed by atoms with E-state index in [4.69, 9.17) is 8.83 Å². The van der Waals surface area contributed by atoms with Crippen molar-refractivity contribution < 1.29 is 8.83 Å². The van der Waals surface area contributed by atoms with Crippen LogP contribution in [0.2, 0.25) is 0 Å². The van der Waals surface area contributed by atoms with Crippen LogP contribution in [0.1, 0.15) is 12.8 Å². The predicted molar refractivity (Wildman–Crippen MR) is 298 cm³/mol. The minimum absolute atomic E-state index is 0.814. The van der Waals surface area contributed by atoms with Crippen molar-refractivity contribution in [2.45, 2.75) is 12.8 Å². The van der Waals surface area contributed by atoms with Crippen molar-refractivity contribution >= 4 is 126 Å². The van der Waals surface area contributed by atoms with Gasteiger partial charge in [0.05, 0.1) is 39.5 Å². The lowest BCUT2D eigenvalue weighted by Gasteiger charge is -2.30. The van der Waals surface area contributed by atoms with E-state index < -0.39 is 0 Å². The molecule has 0 fully saturated rings. The van der Waals surface area contributed by atoms with E-state index in [1.165, 1.54) is 27.2 Å². The van der Waals surface area contributed by atoms with Gasteiger partial charge in [-0.2, -0.15) is 0 Å². The van der Waals surface area contributed by atoms with Crippen LogP contribution in [-0.2, 0) is 0 Å². The van der Waals surface area contributed by atoms with Gasteiger partial charge in [0.2, 0.25) is 0 Å². The minimum atomic E-state index is 0.814. The highest BCUT2D eigenvalue weighted by Gasteiger charge is 2.31. The Morgan fingerprint density at radius 1 is 0.380 bits per heavy atom. The highest BCUT2D eigenvalue weighted by Crippen LogP contribution is 2.54. The summed E-state index contributed by atoms with van der Waals surface area (Å²) in [5.41, 5.74) is 12.9. The van der Waals surface area contributed by atoms with Crippen LogP contribution in [0.25, 0.3) is 104 Å². The number of furan rings is 2. The maximum Gasteiger partial charge on any atom is 0.160 e. The van der Waals surface area contributed by atoms with Crippen LogP contribution in [0.3, 0.4) is 0 Å². The average molecular weight is 910 g/mol. The van der Waals surface area contributed by atoms with Crippen molar-refractivity contribution in [3.05, 3.63) is 242 Å². The molecule has 0 amide bonds. The Bertz CT molecular complexity index is 4530. The number of rotatable bonds is 7. The lowest BCUT2D eigenvalue weighted by molar-refractivity contribution is 0.668. The smallest absolute Gasteiger partial charge is 0.160 e. The van der Waals surface area contributed by atoms with E-state index in [2.05, 4.69) is 251 Å². The molecule has 71 heavy (non-hydrogen) atoms. The Morgan fingerprint density at radius 3 is 1.42 bits per heavy atom. The highest BCUT2D eigenvalue weighted by atomic mass is 16.3. The Balaban J connectivity index is 1.19. The summed E-state index contributed by atoms with van der Waals surface area (Å²) in [7, 11) is 0. The molecule has 3 heterocycles. The monoisotopic (exact) mass is 909 g/mol. The highest BCUT2D eigenvalue weighted by molar-refractivity contribution is 6.38. The van der Waals surface area contributed by atoms with Gasteiger partial charge in [-0.05, 0) is 89.7 Å². The topological polar surface area (TPSA) is 37.7 Å². The van der Waals surface area contributed by atoms with Crippen molar-refractivity contribution in [3.8, 4) is 5.69 Å². The van der Waals surface area contributed by atoms with Gasteiger partial charge in [0.25, 0.3) is 0 Å². The van der Waals surface area contributed by atoms with Gasteiger partial charge in [-0.3, -0.25) is 0 Å². The first-order valence-corrected chi connectivity index (χ1v) is 24.5. The number of allylic oxidation sites excluding steroid dienone is 4. The fourth-order valence-electron chi connectivity index (χ4n) is 11.7. The largest absolute Gasteiger partial charge is 0.454 e. The molecule has 14 aromatic rings. The lowest BCUT2D eigenvalue weighted by atomic mass is 9.98. The quantitative estimate of drug-likeness (QED) is 0.160. The van der Waals surface area contributed by atoms with E-state index in [9.17, 15) is 0 Å². The summed E-state index contributed by atoms with van der Waals surface area (Å²) in [5, 5.41) is 13.5. The van der Waals surface area contributed by atoms with Crippen LogP contribution in [0, 0.1) is 0 Å². The molecule has 15 rings (SSSR count). The van der Waals surface area contributed by atoms with E-state index in [1.807, 2.05) is 0 Å². The molecule has 5 nitrogen and oxygen atoms in total. The lowest BCUT2D eigenvalue weighted by Crippen LogP contribution is -2.18. The molecule has 1 aliphatic carbocycles. The van der Waals surface area contributed by atoms with E-state index >= 15 is 0 Å². The standard InChI is InChI=1S/C66H43N3O2/c1-3-26-45(27-4-1)67(52-35-17-23-42-20-7-10-30-47(42)52)57-40-55-63(61-50-33-13-15-38-59(50)70-65(57)61)64-56(69(55)54-37-19-25-44-22-9-12-32-49(44)54)41-58(66-62(64)51-34-14-16-39-60(51)71-66)68(46-28-5-2-6-29-46)53-36-18-24-43-21-8-11-31-48(43)53/h1-5,7-28,30-41H,6,29H2. The molecule has 0 saturated heterocycles. The number of hydrogen-bond acceptors (Lipinski definition) is 4. The van der Waals surface area contributed by atoms with Crippen molar-refractivity contribution in [3.63, 3.8) is 0 Å². The van der Waals surface area contributed by atoms with Crippen molar-refractivity contribution in [2.24, 2.45) is 0 Å². The first-order chi connectivity index (χ1) is 35.3. The zero-order valence-electron chi connectivity index (χ0n) is 38.6. The number of nitrogens with zero attached hydrogens (tertiary/aromatic N) is 3. The molecule has 0 N–H and O–H groups in total. The normalized spacial score (nSPS) is 13.0. The van der Waals surface area contributed by atoms with E-state index in [0.717, 1.165) is 123 Å². The van der Waals surface area contributed by atoms with Gasteiger partial charge in [-0.1, -0.05) is 176 Å². The first-order valence-electron chi connectivity index (χ1n) is 24.5. The minimum Gasteiger partial charge on any atom is -0.454 e. The molecule has 0 unspecified atom stereocenters. The third-order valence-corrected chi connectivity index (χ3v) is 14.7. The maximum absolute atomic E-state index is 7.30. The van der Waals surface area contributed by atoms with Gasteiger partial charge in [-0.25, -0.2) is 0 Å². The Kier molecular flexibility index (Phi) is 8.72. The van der Waals surface area contributed by atoms with Crippen LogP contribution >= 0.6 is 0 Å². The van der Waals surface area contributed by atoms with Gasteiger partial charge in [0.15, 0.2) is 11.2 Å². The molecule has 0 atom stereocenters. The zero-order chi connectivity index (χ0) is 46.6. The van der Waals surface area contributed by atoms with Crippen molar-refractivity contribution in [1.29, 1.82) is 0 Å². The number of hydrogen-bond donors (Lipinski definition) is 0. The second kappa shape index (κ2) is 15.6. The Labute approximate surface area is 408 Å². The molecule has 1 aliphatic rings. The molecule has 11 aromatic carbocycles. The van der Waals surface area contributed by atoms with Crippen LogP contribution in [-0.4, -0.2) is 4.57 Å². The predicted octanol–water partition coefficient (Wildman–Crippen LogP) is 18.9. The van der Waals surface area contributed by atoms with Gasteiger partial charge >= 0.3 is 0 Å². The second-order valence-corrected chi connectivity index (χ2v) is 18.6. The summed E-state index contributed by atoms with van der Waals surface area (Å²) >= 11 is 0. The number of aromatic nitrogens is 1. The molecule has 0 saturated carbocycles. The molecule has 3 aromatic heterocycles. The van der Waals surface area contributed by atoms with Crippen molar-refractivity contribution in [2.75, 3.05) is 9.80 Å². The third-order valence-electron chi connectivity index (χ3n) is 14.7. The van der Waals surface area contributed by atoms with Gasteiger partial charge in [0, 0.05) is 59.9 Å². The van der Waals surface area contributed by atoms with E-state index in [1.54, 1.807) is 0 Å². The van der Waals surface area contributed by atoms with Crippen molar-refractivity contribution in [1.82, 2.24) is 4.57 Å². The SMILES string of the molecule is C1=CCCC(N(c2cccc3ccccc23)c2cc3c(c4c2oc2ccccc24)c2c4c(oc5ccccc54)c(N(c4ccccc4)c4cccc5ccccc45)cc2n3-c2cccc3ccccc23)=C1. The fraction of sp³-hybridized carbons (Fsp3) is 0.0303. The number of benzene rings is 11. The summed E-state index contributed by atoms with van der Waals surface area (Å²) in [6.07, 6.45) is 8.56. The molecular weight excluding hydrogens is 867 g/mol. The van der Waals surface area contributed by atoms with Crippen LogP contribution < -0.4 is 9.80 Å². The summed E-state index contributed by atoms with van der Waals surface area (Å²) in [5.74, 6) is 0. The Morgan fingerprint density at radius 2 is 0.845 bits per heavy atom. The molecular formula is C66H43N3O2.